The first kappa shape index (κ1) is 26.6. The molecule has 3 unspecified atom stereocenters. The summed E-state index contributed by atoms with van der Waals surface area (Å²) in [5.74, 6) is 0.921. The average Bonchev–Trinajstić information content (AvgIpc) is 2.93. The molecule has 0 aromatic heterocycles. The van der Waals surface area contributed by atoms with Gasteiger partial charge >= 0.3 is 5.97 Å². The van der Waals surface area contributed by atoms with E-state index in [1.165, 1.54) is 16.9 Å². The molecular formula is C31H31ClO5S. The molecule has 3 aromatic carbocycles. The second-order valence-electron chi connectivity index (χ2n) is 10.1. The summed E-state index contributed by atoms with van der Waals surface area (Å²) in [6.07, 6.45) is 7.52. The van der Waals surface area contributed by atoms with Crippen LogP contribution < -0.4 is 9.47 Å². The van der Waals surface area contributed by atoms with Crippen molar-refractivity contribution in [1.29, 1.82) is 0 Å². The first-order chi connectivity index (χ1) is 18.4. The van der Waals surface area contributed by atoms with Crippen molar-refractivity contribution in [3.8, 4) is 17.2 Å². The summed E-state index contributed by atoms with van der Waals surface area (Å²) >= 11 is 8.17. The van der Waals surface area contributed by atoms with Crippen LogP contribution in [0.4, 0.5) is 0 Å². The Balaban J connectivity index is 1.21. The molecule has 38 heavy (non-hydrogen) atoms. The minimum absolute atomic E-state index is 0.153. The maximum atomic E-state index is 13.1. The Bertz CT molecular complexity index is 1310. The van der Waals surface area contributed by atoms with Crippen LogP contribution in [0.2, 0.25) is 5.02 Å². The number of hydrogen-bond acceptors (Lipinski definition) is 5. The van der Waals surface area contributed by atoms with Gasteiger partial charge in [-0.25, -0.2) is 0 Å². The summed E-state index contributed by atoms with van der Waals surface area (Å²) in [6, 6.07) is 19.2. The van der Waals surface area contributed by atoms with E-state index in [-0.39, 0.29) is 5.78 Å². The standard InChI is InChI=1S/C31H31ClO5S/c1-38-24-11-7-20(8-12-24)22-4-2-3-19(15-22)16-28(33)21-5-9-23(10-6-21)37-30-18-29-26(17-27(30)32)25(31(34)35)13-14-36-29/h5-12,17-19,22,25H,2-4,13-16H2,1H3,(H,34,35). The average molecular weight is 551 g/mol. The predicted molar refractivity (Wildman–Crippen MR) is 150 cm³/mol. The number of ketones is 1. The zero-order valence-electron chi connectivity index (χ0n) is 21.3. The lowest BCUT2D eigenvalue weighted by molar-refractivity contribution is -0.139. The zero-order chi connectivity index (χ0) is 26.6. The van der Waals surface area contributed by atoms with E-state index in [2.05, 4.69) is 30.5 Å². The van der Waals surface area contributed by atoms with Crippen molar-refractivity contribution in [2.45, 2.75) is 55.3 Å². The second kappa shape index (κ2) is 11.8. The summed E-state index contributed by atoms with van der Waals surface area (Å²) in [6.45, 7) is 0.327. The molecule has 0 radical (unpaired) electrons. The number of halogens is 1. The minimum Gasteiger partial charge on any atom is -0.493 e. The molecule has 1 N–H and O–H groups in total. The molecule has 5 rings (SSSR count). The Morgan fingerprint density at radius 3 is 2.53 bits per heavy atom. The highest BCUT2D eigenvalue weighted by Gasteiger charge is 2.29. The lowest BCUT2D eigenvalue weighted by Crippen LogP contribution is -2.20. The molecule has 1 aliphatic heterocycles. The number of carboxylic acid groups (broad SMARTS) is 1. The zero-order valence-corrected chi connectivity index (χ0v) is 22.9. The largest absolute Gasteiger partial charge is 0.493 e. The van der Waals surface area contributed by atoms with Gasteiger partial charge < -0.3 is 14.6 Å². The predicted octanol–water partition coefficient (Wildman–Crippen LogP) is 8.35. The number of carbonyl (C=O) groups is 2. The van der Waals surface area contributed by atoms with E-state index in [1.807, 2.05) is 0 Å². The SMILES string of the molecule is CSc1ccc(C2CCCC(CC(=O)c3ccc(Oc4cc5c(cc4Cl)C(C(=O)O)CCO5)cc3)C2)cc1. The van der Waals surface area contributed by atoms with E-state index >= 15 is 0 Å². The number of carboxylic acids is 1. The number of Topliss-reactive ketones (excluding diaryl/α,β-unsaturated/α-hetero) is 1. The van der Waals surface area contributed by atoms with Gasteiger partial charge in [0.15, 0.2) is 5.78 Å². The number of thioether (sulfide) groups is 1. The van der Waals surface area contributed by atoms with Gasteiger partial charge in [-0.15, -0.1) is 11.8 Å². The number of ether oxygens (including phenoxy) is 2. The van der Waals surface area contributed by atoms with Crippen LogP contribution in [0.15, 0.2) is 65.6 Å². The molecule has 5 nitrogen and oxygen atoms in total. The number of carbonyl (C=O) groups excluding carboxylic acids is 1. The van der Waals surface area contributed by atoms with E-state index in [0.717, 1.165) is 19.3 Å². The van der Waals surface area contributed by atoms with E-state index in [4.69, 9.17) is 21.1 Å². The van der Waals surface area contributed by atoms with Crippen LogP contribution in [-0.4, -0.2) is 29.7 Å². The maximum absolute atomic E-state index is 13.1. The molecule has 1 heterocycles. The van der Waals surface area contributed by atoms with Crippen molar-refractivity contribution < 1.29 is 24.2 Å². The van der Waals surface area contributed by atoms with Gasteiger partial charge in [0.25, 0.3) is 0 Å². The lowest BCUT2D eigenvalue weighted by Gasteiger charge is -2.29. The molecule has 0 bridgehead atoms. The number of aliphatic carboxylic acids is 1. The van der Waals surface area contributed by atoms with Gasteiger partial charge in [-0.2, -0.15) is 0 Å². The lowest BCUT2D eigenvalue weighted by atomic mass is 9.76. The molecule has 0 saturated heterocycles. The van der Waals surface area contributed by atoms with E-state index in [9.17, 15) is 14.7 Å². The normalized spacial score (nSPS) is 20.7. The fourth-order valence-electron chi connectivity index (χ4n) is 5.60. The molecule has 3 aromatic rings. The summed E-state index contributed by atoms with van der Waals surface area (Å²) in [5, 5.41) is 9.79. The quantitative estimate of drug-likeness (QED) is 0.224. The van der Waals surface area contributed by atoms with Crippen molar-refractivity contribution in [1.82, 2.24) is 0 Å². The Hall–Kier alpha value is -2.96. The minimum atomic E-state index is -0.895. The van der Waals surface area contributed by atoms with Crippen molar-refractivity contribution in [2.75, 3.05) is 12.9 Å². The Labute approximate surface area is 232 Å². The van der Waals surface area contributed by atoms with Crippen LogP contribution in [0.3, 0.4) is 0 Å². The monoisotopic (exact) mass is 550 g/mol. The topological polar surface area (TPSA) is 72.8 Å². The molecule has 7 heteroatoms. The fraction of sp³-hybridized carbons (Fsp3) is 0.355. The highest BCUT2D eigenvalue weighted by molar-refractivity contribution is 7.98. The second-order valence-corrected chi connectivity index (χ2v) is 11.4. The van der Waals surface area contributed by atoms with E-state index in [0.29, 0.717) is 64.7 Å². The summed E-state index contributed by atoms with van der Waals surface area (Å²) < 4.78 is 11.6. The fourth-order valence-corrected chi connectivity index (χ4v) is 6.21. The summed E-state index contributed by atoms with van der Waals surface area (Å²) in [4.78, 5) is 25.9. The molecule has 2 aliphatic rings. The summed E-state index contributed by atoms with van der Waals surface area (Å²) in [7, 11) is 0. The molecule has 0 amide bonds. The van der Waals surface area contributed by atoms with Crippen LogP contribution in [0.25, 0.3) is 0 Å². The van der Waals surface area contributed by atoms with Crippen molar-refractivity contribution in [3.63, 3.8) is 0 Å². The third kappa shape index (κ3) is 6.02. The highest BCUT2D eigenvalue weighted by Crippen LogP contribution is 2.42. The Morgan fingerprint density at radius 1 is 1.05 bits per heavy atom. The molecule has 1 aliphatic carbocycles. The molecule has 0 spiro atoms. The number of benzene rings is 3. The van der Waals surface area contributed by atoms with Crippen LogP contribution in [0, 0.1) is 5.92 Å². The van der Waals surface area contributed by atoms with Gasteiger partial charge in [-0.1, -0.05) is 30.2 Å². The van der Waals surface area contributed by atoms with E-state index in [1.54, 1.807) is 48.2 Å². The third-order valence-corrected chi connectivity index (χ3v) is 8.69. The smallest absolute Gasteiger partial charge is 0.311 e. The summed E-state index contributed by atoms with van der Waals surface area (Å²) in [5.41, 5.74) is 2.61. The van der Waals surface area contributed by atoms with Crippen LogP contribution >= 0.6 is 23.4 Å². The van der Waals surface area contributed by atoms with Gasteiger partial charge in [0.2, 0.25) is 0 Å². The first-order valence-electron chi connectivity index (χ1n) is 13.1. The first-order valence-corrected chi connectivity index (χ1v) is 14.7. The van der Waals surface area contributed by atoms with E-state index < -0.39 is 11.9 Å². The van der Waals surface area contributed by atoms with Gasteiger partial charge in [-0.3, -0.25) is 9.59 Å². The third-order valence-electron chi connectivity index (χ3n) is 7.65. The van der Waals surface area contributed by atoms with Crippen LogP contribution in [0.1, 0.15) is 71.8 Å². The van der Waals surface area contributed by atoms with Crippen LogP contribution in [0.5, 0.6) is 17.2 Å². The van der Waals surface area contributed by atoms with Crippen molar-refractivity contribution >= 4 is 35.1 Å². The molecular weight excluding hydrogens is 520 g/mol. The maximum Gasteiger partial charge on any atom is 0.311 e. The van der Waals surface area contributed by atoms with Crippen LogP contribution in [-0.2, 0) is 4.79 Å². The van der Waals surface area contributed by atoms with Gasteiger partial charge in [-0.05, 0) is 91.8 Å². The number of fused-ring (bicyclic) bond motifs is 1. The van der Waals surface area contributed by atoms with Gasteiger partial charge in [0.05, 0.1) is 17.5 Å². The molecule has 3 atom stereocenters. The molecule has 1 saturated carbocycles. The van der Waals surface area contributed by atoms with Gasteiger partial charge in [0, 0.05) is 28.5 Å². The van der Waals surface area contributed by atoms with Crippen molar-refractivity contribution in [3.05, 3.63) is 82.4 Å². The number of hydrogen-bond donors (Lipinski definition) is 1. The number of rotatable bonds is 8. The highest BCUT2D eigenvalue weighted by atomic mass is 35.5. The molecule has 198 valence electrons. The Morgan fingerprint density at radius 2 is 1.82 bits per heavy atom. The van der Waals surface area contributed by atoms with Gasteiger partial charge in [0.1, 0.15) is 17.2 Å². The Kier molecular flexibility index (Phi) is 8.29. The molecule has 1 fully saturated rings. The van der Waals surface area contributed by atoms with Crippen molar-refractivity contribution in [2.24, 2.45) is 5.92 Å².